The van der Waals surface area contributed by atoms with E-state index in [9.17, 15) is 13.2 Å². The van der Waals surface area contributed by atoms with Crippen LogP contribution in [0.5, 0.6) is 0 Å². The molecule has 0 spiro atoms. The highest BCUT2D eigenvalue weighted by molar-refractivity contribution is 7.91. The Labute approximate surface area is 119 Å². The molecule has 1 aromatic carbocycles. The number of nitrogens with two attached hydrogens (primary N) is 1. The first-order valence-electron chi connectivity index (χ1n) is 6.70. The molecule has 1 fully saturated rings. The van der Waals surface area contributed by atoms with Crippen LogP contribution in [0.3, 0.4) is 0 Å². The van der Waals surface area contributed by atoms with Crippen LogP contribution in [0.2, 0.25) is 0 Å². The third-order valence-electron chi connectivity index (χ3n) is 3.77. The molecule has 1 aliphatic carbocycles. The monoisotopic (exact) mass is 296 g/mol. The molecule has 1 aliphatic rings. The number of hydrogen-bond acceptors (Lipinski definition) is 4. The fraction of sp³-hybridized carbons (Fsp3) is 0.500. The maximum Gasteiger partial charge on any atom is 0.244 e. The molecule has 3 N–H and O–H groups in total. The summed E-state index contributed by atoms with van der Waals surface area (Å²) in [5.74, 6) is 0.0645. The molecule has 1 aromatic rings. The normalized spacial score (nSPS) is 18.4. The Kier molecular flexibility index (Phi) is 3.88. The molecule has 5 nitrogen and oxygen atoms in total. The number of anilines is 1. The number of rotatable bonds is 5. The number of carbonyl (C=O) groups is 1. The van der Waals surface area contributed by atoms with Gasteiger partial charge in [-0.05, 0) is 49.9 Å². The Balaban J connectivity index is 2.10. The second-order valence-corrected chi connectivity index (χ2v) is 7.72. The lowest BCUT2D eigenvalue weighted by Crippen LogP contribution is -2.50. The van der Waals surface area contributed by atoms with Crippen molar-refractivity contribution in [3.63, 3.8) is 0 Å². The number of carbonyl (C=O) groups excluding carboxylic acids is 1. The van der Waals surface area contributed by atoms with Crippen LogP contribution in [-0.2, 0) is 14.6 Å². The number of amides is 1. The Morgan fingerprint density at radius 3 is 2.35 bits per heavy atom. The second-order valence-electron chi connectivity index (χ2n) is 5.44. The van der Waals surface area contributed by atoms with Crippen molar-refractivity contribution in [1.82, 2.24) is 0 Å². The molecule has 0 aliphatic heterocycles. The van der Waals surface area contributed by atoms with Gasteiger partial charge in [0.2, 0.25) is 5.91 Å². The highest BCUT2D eigenvalue weighted by Crippen LogP contribution is 2.38. The van der Waals surface area contributed by atoms with Crippen LogP contribution in [0, 0.1) is 5.92 Å². The van der Waals surface area contributed by atoms with Crippen LogP contribution in [0.25, 0.3) is 0 Å². The molecule has 1 atom stereocenters. The minimum atomic E-state index is -3.21. The molecule has 2 rings (SSSR count). The quantitative estimate of drug-likeness (QED) is 0.862. The van der Waals surface area contributed by atoms with Gasteiger partial charge in [-0.25, -0.2) is 8.42 Å². The molecular weight excluding hydrogens is 276 g/mol. The second kappa shape index (κ2) is 5.18. The molecule has 0 heterocycles. The first-order valence-corrected chi connectivity index (χ1v) is 8.35. The van der Waals surface area contributed by atoms with Crippen LogP contribution in [-0.4, -0.2) is 25.6 Å². The Morgan fingerprint density at radius 1 is 1.35 bits per heavy atom. The first kappa shape index (κ1) is 15.0. The molecule has 110 valence electrons. The Morgan fingerprint density at radius 2 is 1.90 bits per heavy atom. The van der Waals surface area contributed by atoms with E-state index in [1.165, 1.54) is 12.1 Å². The van der Waals surface area contributed by atoms with Gasteiger partial charge in [0.15, 0.2) is 9.84 Å². The lowest BCUT2D eigenvalue weighted by molar-refractivity contribution is -0.121. The predicted molar refractivity (Wildman–Crippen MR) is 78.1 cm³/mol. The van der Waals surface area contributed by atoms with E-state index < -0.39 is 15.4 Å². The van der Waals surface area contributed by atoms with Crippen LogP contribution in [0.1, 0.15) is 26.7 Å². The van der Waals surface area contributed by atoms with Crippen molar-refractivity contribution >= 4 is 21.4 Å². The summed E-state index contributed by atoms with van der Waals surface area (Å²) in [6.45, 7) is 3.33. The fourth-order valence-corrected chi connectivity index (χ4v) is 2.93. The van der Waals surface area contributed by atoms with Gasteiger partial charge in [-0.1, -0.05) is 6.92 Å². The Bertz CT molecular complexity index is 602. The minimum absolute atomic E-state index is 0.0568. The van der Waals surface area contributed by atoms with Gasteiger partial charge in [-0.15, -0.1) is 0 Å². The highest BCUT2D eigenvalue weighted by Gasteiger charge is 2.44. The van der Waals surface area contributed by atoms with E-state index in [1.807, 2.05) is 0 Å². The molecule has 20 heavy (non-hydrogen) atoms. The minimum Gasteiger partial charge on any atom is -0.324 e. The zero-order valence-electron chi connectivity index (χ0n) is 11.7. The van der Waals surface area contributed by atoms with Crippen LogP contribution in [0.15, 0.2) is 29.2 Å². The molecular formula is C14H20N2O3S. The van der Waals surface area contributed by atoms with Crippen molar-refractivity contribution < 1.29 is 13.2 Å². The SMILES string of the molecule is CCS(=O)(=O)c1ccc(NC(=O)C(C)(N)C2CC2)cc1. The molecule has 0 radical (unpaired) electrons. The van der Waals surface area contributed by atoms with Crippen molar-refractivity contribution in [2.45, 2.75) is 37.1 Å². The molecule has 0 aromatic heterocycles. The highest BCUT2D eigenvalue weighted by atomic mass is 32.2. The van der Waals surface area contributed by atoms with Crippen molar-refractivity contribution in [3.05, 3.63) is 24.3 Å². The third-order valence-corrected chi connectivity index (χ3v) is 5.52. The van der Waals surface area contributed by atoms with Crippen LogP contribution >= 0.6 is 0 Å². The molecule has 1 unspecified atom stereocenters. The van der Waals surface area contributed by atoms with E-state index in [4.69, 9.17) is 5.73 Å². The molecule has 6 heteroatoms. The van der Waals surface area contributed by atoms with Crippen molar-refractivity contribution in [1.29, 1.82) is 0 Å². The summed E-state index contributed by atoms with van der Waals surface area (Å²) in [5.41, 5.74) is 5.72. The van der Waals surface area contributed by atoms with Gasteiger partial charge < -0.3 is 11.1 Å². The summed E-state index contributed by atoms with van der Waals surface area (Å²) in [6, 6.07) is 6.17. The van der Waals surface area contributed by atoms with E-state index in [2.05, 4.69) is 5.32 Å². The topological polar surface area (TPSA) is 89.3 Å². The summed E-state index contributed by atoms with van der Waals surface area (Å²) in [5, 5.41) is 2.74. The summed E-state index contributed by atoms with van der Waals surface area (Å²) >= 11 is 0. The number of benzene rings is 1. The average Bonchev–Trinajstić information content (AvgIpc) is 3.24. The van der Waals surface area contributed by atoms with E-state index >= 15 is 0 Å². The van der Waals surface area contributed by atoms with E-state index in [0.717, 1.165) is 12.8 Å². The van der Waals surface area contributed by atoms with E-state index in [1.54, 1.807) is 26.0 Å². The van der Waals surface area contributed by atoms with Gasteiger partial charge in [-0.2, -0.15) is 0 Å². The summed E-state index contributed by atoms with van der Waals surface area (Å²) < 4.78 is 23.4. The maximum atomic E-state index is 12.1. The fourth-order valence-electron chi connectivity index (χ4n) is 2.05. The van der Waals surface area contributed by atoms with Gasteiger partial charge in [0, 0.05) is 5.69 Å². The number of sulfone groups is 1. The van der Waals surface area contributed by atoms with Gasteiger partial charge in [0.05, 0.1) is 16.2 Å². The molecule has 0 saturated heterocycles. The molecule has 1 saturated carbocycles. The summed E-state index contributed by atoms with van der Waals surface area (Å²) in [6.07, 6.45) is 1.96. The Hall–Kier alpha value is -1.40. The predicted octanol–water partition coefficient (Wildman–Crippen LogP) is 1.55. The smallest absolute Gasteiger partial charge is 0.244 e. The number of hydrogen-bond donors (Lipinski definition) is 2. The summed E-state index contributed by atoms with van der Waals surface area (Å²) in [7, 11) is -3.21. The van der Waals surface area contributed by atoms with Gasteiger partial charge >= 0.3 is 0 Å². The third kappa shape index (κ3) is 3.02. The van der Waals surface area contributed by atoms with Crippen LogP contribution < -0.4 is 11.1 Å². The standard InChI is InChI=1S/C14H20N2O3S/c1-3-20(18,19)12-8-6-11(7-9-12)16-13(17)14(2,15)10-4-5-10/h6-10H,3-5,15H2,1-2H3,(H,16,17). The van der Waals surface area contributed by atoms with Gasteiger partial charge in [0.25, 0.3) is 0 Å². The molecule has 1 amide bonds. The van der Waals surface area contributed by atoms with Crippen molar-refractivity contribution in [2.24, 2.45) is 11.7 Å². The lowest BCUT2D eigenvalue weighted by atomic mass is 9.96. The largest absolute Gasteiger partial charge is 0.324 e. The van der Waals surface area contributed by atoms with Gasteiger partial charge in [0.1, 0.15) is 0 Å². The van der Waals surface area contributed by atoms with Gasteiger partial charge in [-0.3, -0.25) is 4.79 Å². The lowest BCUT2D eigenvalue weighted by Gasteiger charge is -2.23. The average molecular weight is 296 g/mol. The van der Waals surface area contributed by atoms with Crippen molar-refractivity contribution in [3.8, 4) is 0 Å². The van der Waals surface area contributed by atoms with Crippen LogP contribution in [0.4, 0.5) is 5.69 Å². The molecule has 0 bridgehead atoms. The zero-order chi connectivity index (χ0) is 15.0. The van der Waals surface area contributed by atoms with Crippen molar-refractivity contribution in [2.75, 3.05) is 11.1 Å². The maximum absolute atomic E-state index is 12.1. The number of nitrogens with one attached hydrogen (secondary N) is 1. The first-order chi connectivity index (χ1) is 9.27. The van der Waals surface area contributed by atoms with E-state index in [-0.39, 0.29) is 22.5 Å². The van der Waals surface area contributed by atoms with E-state index in [0.29, 0.717) is 5.69 Å². The zero-order valence-corrected chi connectivity index (χ0v) is 12.5. The summed E-state index contributed by atoms with van der Waals surface area (Å²) in [4.78, 5) is 12.4.